The maximum atomic E-state index is 12.2. The van der Waals surface area contributed by atoms with E-state index in [-0.39, 0.29) is 19.4 Å². The first-order valence-corrected chi connectivity index (χ1v) is 9.05. The van der Waals surface area contributed by atoms with Gasteiger partial charge in [0.1, 0.15) is 18.3 Å². The lowest BCUT2D eigenvalue weighted by Gasteiger charge is -2.25. The number of fused-ring (bicyclic) bond motifs is 1. The Morgan fingerprint density at radius 3 is 2.57 bits per heavy atom. The highest BCUT2D eigenvalue weighted by Crippen LogP contribution is 2.42. The number of H-pyrrole nitrogens is 1. The second-order valence-electron chi connectivity index (χ2n) is 8.32. The fraction of sp³-hybridized carbons (Fsp3) is 0.722. The number of nitrogens with zero attached hydrogens (tertiary/aromatic N) is 1. The van der Waals surface area contributed by atoms with E-state index in [4.69, 9.17) is 23.7 Å². The minimum absolute atomic E-state index is 0.0760. The molecule has 0 amide bonds. The fourth-order valence-electron chi connectivity index (χ4n) is 3.12. The molecule has 4 atom stereocenters. The molecule has 3 heterocycles. The Labute approximate surface area is 161 Å². The number of ether oxygens (including phenoxy) is 5. The molecule has 28 heavy (non-hydrogen) atoms. The van der Waals surface area contributed by atoms with Gasteiger partial charge in [-0.3, -0.25) is 19.1 Å². The topological polar surface area (TPSA) is 118 Å². The van der Waals surface area contributed by atoms with E-state index in [1.165, 1.54) is 16.8 Å². The molecule has 1 N–H and O–H groups in total. The van der Waals surface area contributed by atoms with Crippen molar-refractivity contribution in [3.63, 3.8) is 0 Å². The number of hydrogen-bond acceptors (Lipinski definition) is 8. The summed E-state index contributed by atoms with van der Waals surface area (Å²) in [6.07, 6.45) is -1.04. The van der Waals surface area contributed by atoms with Crippen molar-refractivity contribution in [1.29, 1.82) is 0 Å². The van der Waals surface area contributed by atoms with Crippen molar-refractivity contribution in [3.8, 4) is 0 Å². The third-order valence-electron chi connectivity index (χ3n) is 4.42. The predicted molar refractivity (Wildman–Crippen MR) is 95.4 cm³/mol. The van der Waals surface area contributed by atoms with Gasteiger partial charge in [-0.25, -0.2) is 4.79 Å². The molecule has 0 aliphatic carbocycles. The second kappa shape index (κ2) is 7.43. The summed E-state index contributed by atoms with van der Waals surface area (Å²) in [7, 11) is 0. The van der Waals surface area contributed by atoms with Gasteiger partial charge in [0.15, 0.2) is 18.8 Å². The number of hydrogen-bond donors (Lipinski definition) is 1. The summed E-state index contributed by atoms with van der Waals surface area (Å²) in [6.45, 7) is 8.63. The van der Waals surface area contributed by atoms with Crippen LogP contribution in [0.25, 0.3) is 0 Å². The molecule has 0 spiro atoms. The van der Waals surface area contributed by atoms with Gasteiger partial charge in [0.2, 0.25) is 0 Å². The van der Waals surface area contributed by atoms with E-state index < -0.39 is 47.0 Å². The average Bonchev–Trinajstić information content (AvgIpc) is 3.04. The van der Waals surface area contributed by atoms with Gasteiger partial charge < -0.3 is 23.7 Å². The van der Waals surface area contributed by atoms with Gasteiger partial charge in [-0.15, -0.1) is 0 Å². The summed E-state index contributed by atoms with van der Waals surface area (Å²) < 4.78 is 29.5. The van der Waals surface area contributed by atoms with Crippen LogP contribution in [0.5, 0.6) is 0 Å². The van der Waals surface area contributed by atoms with Crippen LogP contribution in [0.1, 0.15) is 40.8 Å². The SMILES string of the molecule is CC1(C)O[C@@H]2[C@H](O1)[C@@H](COCOC(=O)C(C)(C)C)O[C@H]2n1ccc(=O)[nH]c1=O. The maximum absolute atomic E-state index is 12.2. The highest BCUT2D eigenvalue weighted by molar-refractivity contribution is 5.75. The van der Waals surface area contributed by atoms with Gasteiger partial charge in [-0.2, -0.15) is 0 Å². The molecule has 1 aromatic heterocycles. The molecule has 2 fully saturated rings. The summed E-state index contributed by atoms with van der Waals surface area (Å²) in [5.74, 6) is -1.24. The first kappa shape index (κ1) is 20.7. The molecule has 0 radical (unpaired) electrons. The van der Waals surface area contributed by atoms with E-state index in [1.807, 2.05) is 0 Å². The standard InChI is InChI=1S/C18H26N2O8/c1-17(2,3)15(22)25-9-24-8-10-12-13(28-18(4,5)27-12)14(26-10)20-7-6-11(21)19-16(20)23/h6-7,10,12-14H,8-9H2,1-5H3,(H,19,21,23)/t10-,12-,13-,14-/m1/s1. The summed E-state index contributed by atoms with van der Waals surface area (Å²) >= 11 is 0. The Hall–Kier alpha value is -2.01. The van der Waals surface area contributed by atoms with E-state index in [2.05, 4.69) is 4.98 Å². The highest BCUT2D eigenvalue weighted by Gasteiger charge is 2.56. The van der Waals surface area contributed by atoms with Crippen molar-refractivity contribution < 1.29 is 28.5 Å². The van der Waals surface area contributed by atoms with Gasteiger partial charge in [-0.05, 0) is 34.6 Å². The lowest BCUT2D eigenvalue weighted by atomic mass is 9.98. The van der Waals surface area contributed by atoms with Gasteiger partial charge in [0.25, 0.3) is 5.56 Å². The third kappa shape index (κ3) is 4.35. The van der Waals surface area contributed by atoms with E-state index in [0.29, 0.717) is 0 Å². The van der Waals surface area contributed by atoms with Gasteiger partial charge in [0.05, 0.1) is 12.0 Å². The summed E-state index contributed by atoms with van der Waals surface area (Å²) in [6, 6.07) is 1.23. The highest BCUT2D eigenvalue weighted by atomic mass is 16.8. The van der Waals surface area contributed by atoms with Crippen LogP contribution in [0.3, 0.4) is 0 Å². The zero-order valence-corrected chi connectivity index (χ0v) is 16.6. The molecule has 2 saturated heterocycles. The number of esters is 1. The second-order valence-corrected chi connectivity index (χ2v) is 8.32. The van der Waals surface area contributed by atoms with Crippen LogP contribution in [0.15, 0.2) is 21.9 Å². The van der Waals surface area contributed by atoms with Crippen molar-refractivity contribution in [2.45, 2.75) is 64.9 Å². The van der Waals surface area contributed by atoms with Crippen LogP contribution in [0.2, 0.25) is 0 Å². The molecule has 10 heteroatoms. The zero-order chi connectivity index (χ0) is 20.7. The van der Waals surface area contributed by atoms with E-state index in [0.717, 1.165) is 0 Å². The molecule has 2 aliphatic rings. The molecule has 0 saturated carbocycles. The van der Waals surface area contributed by atoms with Crippen molar-refractivity contribution in [2.75, 3.05) is 13.4 Å². The largest absolute Gasteiger partial charge is 0.438 e. The fourth-order valence-corrected chi connectivity index (χ4v) is 3.12. The Morgan fingerprint density at radius 1 is 1.25 bits per heavy atom. The molecule has 0 unspecified atom stereocenters. The Kier molecular flexibility index (Phi) is 5.50. The third-order valence-corrected chi connectivity index (χ3v) is 4.42. The first-order valence-electron chi connectivity index (χ1n) is 9.05. The number of rotatable bonds is 5. The lowest BCUT2D eigenvalue weighted by molar-refractivity contribution is -0.207. The zero-order valence-electron chi connectivity index (χ0n) is 16.6. The van der Waals surface area contributed by atoms with Crippen LogP contribution in [0.4, 0.5) is 0 Å². The van der Waals surface area contributed by atoms with Crippen LogP contribution in [0, 0.1) is 5.41 Å². The number of aromatic nitrogens is 2. The van der Waals surface area contributed by atoms with Gasteiger partial charge >= 0.3 is 11.7 Å². The summed E-state index contributed by atoms with van der Waals surface area (Å²) in [5.41, 5.74) is -1.73. The molecule has 156 valence electrons. The molecular formula is C18H26N2O8. The van der Waals surface area contributed by atoms with Crippen molar-refractivity contribution >= 4 is 5.97 Å². The molecular weight excluding hydrogens is 372 g/mol. The Bertz CT molecular complexity index is 837. The first-order chi connectivity index (χ1) is 13.0. The maximum Gasteiger partial charge on any atom is 0.330 e. The lowest BCUT2D eigenvalue weighted by Crippen LogP contribution is -2.37. The Balaban J connectivity index is 1.68. The minimum Gasteiger partial charge on any atom is -0.438 e. The van der Waals surface area contributed by atoms with Crippen LogP contribution < -0.4 is 11.2 Å². The van der Waals surface area contributed by atoms with Crippen molar-refractivity contribution in [1.82, 2.24) is 9.55 Å². The molecule has 2 aliphatic heterocycles. The minimum atomic E-state index is -0.861. The quantitative estimate of drug-likeness (QED) is 0.433. The van der Waals surface area contributed by atoms with Gasteiger partial charge in [0, 0.05) is 12.3 Å². The predicted octanol–water partition coefficient (Wildman–Crippen LogP) is 0.518. The monoisotopic (exact) mass is 398 g/mol. The molecule has 1 aromatic rings. The number of aromatic amines is 1. The molecule has 0 aromatic carbocycles. The molecule has 10 nitrogen and oxygen atoms in total. The van der Waals surface area contributed by atoms with Crippen molar-refractivity contribution in [2.24, 2.45) is 5.41 Å². The summed E-state index contributed by atoms with van der Waals surface area (Å²) in [4.78, 5) is 37.5. The van der Waals surface area contributed by atoms with Crippen LogP contribution in [-0.4, -0.2) is 53.0 Å². The van der Waals surface area contributed by atoms with Crippen LogP contribution >= 0.6 is 0 Å². The average molecular weight is 398 g/mol. The van der Waals surface area contributed by atoms with Gasteiger partial charge in [-0.1, -0.05) is 0 Å². The van der Waals surface area contributed by atoms with Crippen molar-refractivity contribution in [3.05, 3.63) is 33.1 Å². The van der Waals surface area contributed by atoms with Crippen LogP contribution in [-0.2, 0) is 28.5 Å². The van der Waals surface area contributed by atoms with E-state index in [9.17, 15) is 14.4 Å². The number of nitrogens with one attached hydrogen (secondary N) is 1. The number of carbonyl (C=O) groups is 1. The van der Waals surface area contributed by atoms with E-state index >= 15 is 0 Å². The summed E-state index contributed by atoms with van der Waals surface area (Å²) in [5, 5.41) is 0. The number of carbonyl (C=O) groups excluding carboxylic acids is 1. The van der Waals surface area contributed by atoms with E-state index in [1.54, 1.807) is 34.6 Å². The Morgan fingerprint density at radius 2 is 1.93 bits per heavy atom. The molecule has 3 rings (SSSR count). The molecule has 0 bridgehead atoms. The normalized spacial score (nSPS) is 28.9. The smallest absolute Gasteiger partial charge is 0.330 e.